The fourth-order valence-corrected chi connectivity index (χ4v) is 2.75. The van der Waals surface area contributed by atoms with Gasteiger partial charge >= 0.3 is 5.95 Å². The number of benzene rings is 1. The third-order valence-electron chi connectivity index (χ3n) is 4.56. The highest BCUT2D eigenvalue weighted by atomic mass is 16.5. The number of hydrogen-bond donors (Lipinski definition) is 3. The topological polar surface area (TPSA) is 158 Å². The van der Waals surface area contributed by atoms with Crippen molar-refractivity contribution < 1.29 is 14.3 Å². The molecule has 33 heavy (non-hydrogen) atoms. The predicted octanol–water partition coefficient (Wildman–Crippen LogP) is 1.60. The van der Waals surface area contributed by atoms with Crippen LogP contribution in [0.4, 0.5) is 5.95 Å². The van der Waals surface area contributed by atoms with Crippen molar-refractivity contribution in [3.63, 3.8) is 0 Å². The Labute approximate surface area is 191 Å². The van der Waals surface area contributed by atoms with Gasteiger partial charge in [0.05, 0.1) is 0 Å². The number of amidine groups is 1. The van der Waals surface area contributed by atoms with Gasteiger partial charge in [0.1, 0.15) is 0 Å². The first-order chi connectivity index (χ1) is 15.7. The number of nitrogens with zero attached hydrogens (tertiary/aromatic N) is 5. The number of rotatable bonds is 7. The molecule has 0 atom stereocenters. The molecule has 0 spiro atoms. The van der Waals surface area contributed by atoms with Gasteiger partial charge in [-0.2, -0.15) is 4.98 Å². The number of aromatic nitrogens is 5. The molecule has 11 heteroatoms. The molecule has 0 radical (unpaired) electrons. The van der Waals surface area contributed by atoms with E-state index in [0.717, 1.165) is 16.7 Å². The maximum absolute atomic E-state index is 12.4. The van der Waals surface area contributed by atoms with Crippen molar-refractivity contribution in [2.75, 3.05) is 7.05 Å². The second-order valence-corrected chi connectivity index (χ2v) is 8.32. The molecule has 0 aliphatic carbocycles. The second-order valence-electron chi connectivity index (χ2n) is 8.32. The SMILES string of the molecule is CN/C=C\C(N)=Nc1nc(-c2ccc(CNC(=O)c3noc(C(C)(C)C)n3)c(C)c2)nc[nH+]1. The Morgan fingerprint density at radius 3 is 2.76 bits per heavy atom. The fraction of sp³-hybridized carbons (Fsp3) is 0.318. The highest BCUT2D eigenvalue weighted by molar-refractivity contribution is 5.92. The number of amides is 1. The summed E-state index contributed by atoms with van der Waals surface area (Å²) in [5.74, 6) is 1.16. The van der Waals surface area contributed by atoms with E-state index in [0.29, 0.717) is 30.0 Å². The minimum atomic E-state index is -0.396. The van der Waals surface area contributed by atoms with Crippen molar-refractivity contribution in [1.82, 2.24) is 30.7 Å². The molecule has 1 amide bonds. The number of aryl methyl sites for hydroxylation is 1. The van der Waals surface area contributed by atoms with Gasteiger partial charge < -0.3 is 20.9 Å². The molecule has 0 saturated carbocycles. The molecule has 3 aromatic rings. The van der Waals surface area contributed by atoms with E-state index >= 15 is 0 Å². The van der Waals surface area contributed by atoms with E-state index in [1.165, 1.54) is 6.33 Å². The van der Waals surface area contributed by atoms with Gasteiger partial charge in [0, 0.05) is 36.8 Å². The Kier molecular flexibility index (Phi) is 7.11. The zero-order valence-corrected chi connectivity index (χ0v) is 19.3. The van der Waals surface area contributed by atoms with Crippen LogP contribution in [-0.2, 0) is 12.0 Å². The van der Waals surface area contributed by atoms with Crippen molar-refractivity contribution >= 4 is 17.7 Å². The van der Waals surface area contributed by atoms with Gasteiger partial charge in [-0.3, -0.25) is 4.79 Å². The Balaban J connectivity index is 1.70. The highest BCUT2D eigenvalue weighted by Crippen LogP contribution is 2.21. The van der Waals surface area contributed by atoms with Crippen LogP contribution in [0, 0.1) is 6.92 Å². The van der Waals surface area contributed by atoms with Crippen molar-refractivity contribution in [2.24, 2.45) is 10.7 Å². The maximum atomic E-state index is 12.4. The summed E-state index contributed by atoms with van der Waals surface area (Å²) in [6.45, 7) is 8.08. The molecule has 0 aliphatic heterocycles. The number of carbonyl (C=O) groups is 1. The van der Waals surface area contributed by atoms with E-state index in [-0.39, 0.29) is 11.2 Å². The van der Waals surface area contributed by atoms with Gasteiger partial charge in [-0.15, -0.1) is 4.98 Å². The van der Waals surface area contributed by atoms with E-state index in [1.54, 1.807) is 19.3 Å². The summed E-state index contributed by atoms with van der Waals surface area (Å²) in [7, 11) is 1.77. The lowest BCUT2D eigenvalue weighted by Crippen LogP contribution is -2.24. The highest BCUT2D eigenvalue weighted by Gasteiger charge is 2.24. The zero-order chi connectivity index (χ0) is 24.0. The zero-order valence-electron chi connectivity index (χ0n) is 19.3. The normalized spacial score (nSPS) is 12.2. The van der Waals surface area contributed by atoms with E-state index in [4.69, 9.17) is 10.3 Å². The minimum Gasteiger partial charge on any atom is -0.394 e. The van der Waals surface area contributed by atoms with Crippen LogP contribution in [0.15, 0.2) is 46.3 Å². The van der Waals surface area contributed by atoms with Crippen molar-refractivity contribution in [3.05, 3.63) is 59.6 Å². The standard InChI is InChI=1S/C22H27N9O2/c1-13-10-14(17-26-12-27-21(30-17)28-16(23)8-9-24-5)6-7-15(13)11-25-19(32)18-29-20(33-31-18)22(2,3)4/h6-10,12,24H,11H2,1-5H3,(H,25,32)(H2,23,26,27,28,30)/p+1/b9-8-. The molecular formula is C22H28N9O2+. The van der Waals surface area contributed by atoms with E-state index < -0.39 is 5.91 Å². The third kappa shape index (κ3) is 6.19. The van der Waals surface area contributed by atoms with Crippen LogP contribution < -0.4 is 21.4 Å². The predicted molar refractivity (Wildman–Crippen MR) is 122 cm³/mol. The van der Waals surface area contributed by atoms with Gasteiger partial charge in [0.15, 0.2) is 12.2 Å². The Bertz CT molecular complexity index is 1190. The lowest BCUT2D eigenvalue weighted by Gasteiger charge is -2.10. The van der Waals surface area contributed by atoms with E-state index in [9.17, 15) is 4.79 Å². The molecule has 0 bridgehead atoms. The fourth-order valence-electron chi connectivity index (χ4n) is 2.75. The summed E-state index contributed by atoms with van der Waals surface area (Å²) < 4.78 is 5.18. The lowest BCUT2D eigenvalue weighted by atomic mass is 9.97. The minimum absolute atomic E-state index is 0.0139. The summed E-state index contributed by atoms with van der Waals surface area (Å²) in [5, 5.41) is 9.44. The number of H-pyrrole nitrogens is 1. The van der Waals surface area contributed by atoms with Crippen LogP contribution in [0.5, 0.6) is 0 Å². The van der Waals surface area contributed by atoms with Crippen molar-refractivity contribution in [2.45, 2.75) is 39.7 Å². The molecule has 0 unspecified atom stereocenters. The summed E-state index contributed by atoms with van der Waals surface area (Å²) >= 11 is 0. The van der Waals surface area contributed by atoms with Gasteiger partial charge in [-0.25, -0.2) is 4.98 Å². The largest absolute Gasteiger partial charge is 0.394 e. The van der Waals surface area contributed by atoms with Gasteiger partial charge in [-0.05, 0) is 30.2 Å². The van der Waals surface area contributed by atoms with E-state index in [1.807, 2.05) is 45.9 Å². The summed E-state index contributed by atoms with van der Waals surface area (Å²) in [4.78, 5) is 32.3. The van der Waals surface area contributed by atoms with Crippen molar-refractivity contribution in [3.8, 4) is 11.4 Å². The van der Waals surface area contributed by atoms with Crippen LogP contribution >= 0.6 is 0 Å². The number of carbonyl (C=O) groups excluding carboxylic acids is 1. The van der Waals surface area contributed by atoms with Crippen LogP contribution in [-0.4, -0.2) is 38.9 Å². The van der Waals surface area contributed by atoms with Gasteiger partial charge in [0.2, 0.25) is 5.89 Å². The molecule has 0 saturated heterocycles. The number of hydrogen-bond acceptors (Lipinski definition) is 8. The van der Waals surface area contributed by atoms with Crippen LogP contribution in [0.1, 0.15) is 48.4 Å². The molecule has 172 valence electrons. The summed E-state index contributed by atoms with van der Waals surface area (Å²) in [5.41, 5.74) is 8.23. The first-order valence-corrected chi connectivity index (χ1v) is 10.3. The molecule has 5 N–H and O–H groups in total. The number of aromatic amines is 1. The van der Waals surface area contributed by atoms with E-state index in [2.05, 4.69) is 40.7 Å². The van der Waals surface area contributed by atoms with Crippen LogP contribution in [0.25, 0.3) is 11.4 Å². The van der Waals surface area contributed by atoms with Crippen LogP contribution in [0.2, 0.25) is 0 Å². The van der Waals surface area contributed by atoms with Gasteiger partial charge in [-0.1, -0.05) is 42.0 Å². The molecule has 0 aliphatic rings. The average molecular weight is 451 g/mol. The molecule has 3 rings (SSSR count). The van der Waals surface area contributed by atoms with Gasteiger partial charge in [0.25, 0.3) is 17.6 Å². The summed E-state index contributed by atoms with van der Waals surface area (Å²) in [6.07, 6.45) is 4.81. The number of nitrogens with one attached hydrogen (secondary N) is 3. The summed E-state index contributed by atoms with van der Waals surface area (Å²) in [6, 6.07) is 5.74. The van der Waals surface area contributed by atoms with Crippen LogP contribution in [0.3, 0.4) is 0 Å². The first kappa shape index (κ1) is 23.5. The first-order valence-electron chi connectivity index (χ1n) is 10.3. The molecule has 2 heterocycles. The maximum Gasteiger partial charge on any atom is 0.387 e. The molecule has 11 nitrogen and oxygen atoms in total. The number of aliphatic imine (C=N–C) groups is 1. The molecule has 0 fully saturated rings. The second kappa shape index (κ2) is 9.98. The quantitative estimate of drug-likeness (QED) is 0.362. The average Bonchev–Trinajstić information content (AvgIpc) is 3.28. The van der Waals surface area contributed by atoms with Crippen molar-refractivity contribution in [1.29, 1.82) is 0 Å². The monoisotopic (exact) mass is 450 g/mol. The Hall–Kier alpha value is -4.15. The number of nitrogens with two attached hydrogens (primary N) is 1. The Morgan fingerprint density at radius 2 is 2.09 bits per heavy atom. The molecular weight excluding hydrogens is 422 g/mol. The third-order valence-corrected chi connectivity index (χ3v) is 4.56. The Morgan fingerprint density at radius 1 is 1.30 bits per heavy atom. The molecule has 2 aromatic heterocycles. The smallest absolute Gasteiger partial charge is 0.387 e. The lowest BCUT2D eigenvalue weighted by molar-refractivity contribution is -0.371. The molecule has 1 aromatic carbocycles.